The van der Waals surface area contributed by atoms with Crippen molar-refractivity contribution in [3.63, 3.8) is 0 Å². The highest BCUT2D eigenvalue weighted by Crippen LogP contribution is 2.27. The molecule has 1 amide bonds. The van der Waals surface area contributed by atoms with E-state index in [0.717, 1.165) is 36.6 Å². The fourth-order valence-electron chi connectivity index (χ4n) is 3.85. The average molecular weight is 436 g/mol. The molecule has 2 aliphatic rings. The third kappa shape index (κ3) is 4.12. The van der Waals surface area contributed by atoms with Gasteiger partial charge >= 0.3 is 0 Å². The number of aromatic nitrogens is 3. The Morgan fingerprint density at radius 1 is 1.32 bits per heavy atom. The molecule has 0 aliphatic carbocycles. The highest BCUT2D eigenvalue weighted by atomic mass is 35.5. The van der Waals surface area contributed by atoms with Crippen LogP contribution in [0.2, 0.25) is 5.02 Å². The van der Waals surface area contributed by atoms with Gasteiger partial charge in [0.2, 0.25) is 0 Å². The lowest BCUT2D eigenvalue weighted by molar-refractivity contribution is -0.115. The van der Waals surface area contributed by atoms with Crippen LogP contribution in [0.4, 0.5) is 17.3 Å². The van der Waals surface area contributed by atoms with Crippen molar-refractivity contribution in [3.8, 4) is 0 Å². The fourth-order valence-corrected chi connectivity index (χ4v) is 4.04. The van der Waals surface area contributed by atoms with Gasteiger partial charge in [0.1, 0.15) is 11.6 Å². The van der Waals surface area contributed by atoms with Crippen LogP contribution in [-0.2, 0) is 4.79 Å². The molecular formula is C22H22ClN7O. The number of nitrogens with zero attached hydrogens (tertiary/aromatic N) is 3. The normalized spacial score (nSPS) is 19.9. The lowest BCUT2D eigenvalue weighted by Gasteiger charge is -2.16. The zero-order chi connectivity index (χ0) is 21.4. The maximum Gasteiger partial charge on any atom is 0.251 e. The number of nitrogens with one attached hydrogen (secondary N) is 4. The lowest BCUT2D eigenvalue weighted by atomic mass is 10.1. The third-order valence-corrected chi connectivity index (χ3v) is 5.56. The Morgan fingerprint density at radius 3 is 2.97 bits per heavy atom. The first-order valence-electron chi connectivity index (χ1n) is 10.1. The molecule has 0 saturated carbocycles. The molecule has 8 nitrogen and oxygen atoms in total. The topological polar surface area (TPSA) is 95.4 Å². The quantitative estimate of drug-likeness (QED) is 0.459. The molecule has 1 atom stereocenters. The number of hydrogen-bond donors (Lipinski definition) is 4. The summed E-state index contributed by atoms with van der Waals surface area (Å²) in [5.41, 5.74) is 3.59. The zero-order valence-electron chi connectivity index (χ0n) is 16.8. The number of anilines is 3. The van der Waals surface area contributed by atoms with Crippen molar-refractivity contribution in [3.05, 3.63) is 65.0 Å². The highest BCUT2D eigenvalue weighted by Gasteiger charge is 2.21. The number of halogens is 1. The van der Waals surface area contributed by atoms with Crippen LogP contribution in [0.1, 0.15) is 18.4 Å². The van der Waals surface area contributed by atoms with Crippen LogP contribution in [0.15, 0.2) is 54.4 Å². The Kier molecular flexibility index (Phi) is 5.09. The molecule has 9 heteroatoms. The van der Waals surface area contributed by atoms with Gasteiger partial charge in [-0.05, 0) is 37.2 Å². The molecule has 4 N–H and O–H groups in total. The van der Waals surface area contributed by atoms with Crippen LogP contribution in [0.5, 0.6) is 0 Å². The number of carbonyl (C=O) groups excluding carboxylic acids is 1. The second kappa shape index (κ2) is 8.05. The predicted molar refractivity (Wildman–Crippen MR) is 122 cm³/mol. The van der Waals surface area contributed by atoms with E-state index >= 15 is 0 Å². The number of benzene rings is 1. The molecule has 31 heavy (non-hydrogen) atoms. The van der Waals surface area contributed by atoms with Crippen molar-refractivity contribution in [2.24, 2.45) is 0 Å². The van der Waals surface area contributed by atoms with E-state index in [1.54, 1.807) is 10.7 Å². The van der Waals surface area contributed by atoms with Gasteiger partial charge in [0, 0.05) is 52.6 Å². The number of allylic oxidation sites excluding steroid dienone is 1. The summed E-state index contributed by atoms with van der Waals surface area (Å²) in [5, 5.41) is 18.2. The first kappa shape index (κ1) is 19.6. The molecule has 0 bridgehead atoms. The largest absolute Gasteiger partial charge is 0.366 e. The monoisotopic (exact) mass is 435 g/mol. The van der Waals surface area contributed by atoms with Gasteiger partial charge in [-0.3, -0.25) is 4.79 Å². The van der Waals surface area contributed by atoms with E-state index in [1.807, 2.05) is 36.4 Å². The van der Waals surface area contributed by atoms with Gasteiger partial charge in [0.05, 0.1) is 6.20 Å². The van der Waals surface area contributed by atoms with Gasteiger partial charge in [-0.15, -0.1) is 0 Å². The third-order valence-electron chi connectivity index (χ3n) is 5.32. The van der Waals surface area contributed by atoms with Crippen LogP contribution in [-0.4, -0.2) is 39.6 Å². The van der Waals surface area contributed by atoms with Crippen LogP contribution < -0.4 is 21.3 Å². The van der Waals surface area contributed by atoms with Crippen molar-refractivity contribution in [1.82, 2.24) is 25.2 Å². The summed E-state index contributed by atoms with van der Waals surface area (Å²) in [4.78, 5) is 16.9. The van der Waals surface area contributed by atoms with Crippen molar-refractivity contribution in [1.29, 1.82) is 0 Å². The summed E-state index contributed by atoms with van der Waals surface area (Å²) >= 11 is 6.13. The van der Waals surface area contributed by atoms with E-state index < -0.39 is 0 Å². The van der Waals surface area contributed by atoms with Crippen molar-refractivity contribution in [2.45, 2.75) is 18.9 Å². The minimum atomic E-state index is -0.132. The first-order valence-corrected chi connectivity index (χ1v) is 10.5. The van der Waals surface area contributed by atoms with Gasteiger partial charge in [-0.25, -0.2) is 4.98 Å². The molecule has 1 aromatic carbocycles. The SMILES string of the molecule is C=C1C/C(=C\c2cnn3c(NC4CCNC4)cc(Nc4cccc(Cl)c4)nc23)C(=O)N1. The maximum absolute atomic E-state index is 12.2. The number of hydrogen-bond acceptors (Lipinski definition) is 6. The molecule has 0 radical (unpaired) electrons. The van der Waals surface area contributed by atoms with Crippen LogP contribution >= 0.6 is 11.6 Å². The van der Waals surface area contributed by atoms with Crippen molar-refractivity contribution >= 4 is 46.6 Å². The molecule has 2 saturated heterocycles. The van der Waals surface area contributed by atoms with Crippen molar-refractivity contribution < 1.29 is 4.79 Å². The number of carbonyl (C=O) groups is 1. The minimum absolute atomic E-state index is 0.132. The molecule has 1 unspecified atom stereocenters. The van der Waals surface area contributed by atoms with Gasteiger partial charge in [-0.1, -0.05) is 24.2 Å². The van der Waals surface area contributed by atoms with E-state index in [0.29, 0.717) is 40.2 Å². The van der Waals surface area contributed by atoms with Crippen molar-refractivity contribution in [2.75, 3.05) is 23.7 Å². The Morgan fingerprint density at radius 2 is 2.23 bits per heavy atom. The maximum atomic E-state index is 12.2. The Bertz CT molecular complexity index is 1210. The summed E-state index contributed by atoms with van der Waals surface area (Å²) in [5.74, 6) is 1.35. The molecular weight excluding hydrogens is 414 g/mol. The van der Waals surface area contributed by atoms with Crippen LogP contribution in [0.3, 0.4) is 0 Å². The van der Waals surface area contributed by atoms with E-state index in [-0.39, 0.29) is 5.91 Å². The molecule has 2 aliphatic heterocycles. The first-order chi connectivity index (χ1) is 15.0. The molecule has 2 aromatic heterocycles. The Hall–Kier alpha value is -3.36. The summed E-state index contributed by atoms with van der Waals surface area (Å²) in [7, 11) is 0. The van der Waals surface area contributed by atoms with Crippen LogP contribution in [0, 0.1) is 0 Å². The summed E-state index contributed by atoms with van der Waals surface area (Å²) < 4.78 is 1.77. The van der Waals surface area contributed by atoms with Crippen LogP contribution in [0.25, 0.3) is 11.7 Å². The summed E-state index contributed by atoms with van der Waals surface area (Å²) in [6.07, 6.45) is 5.08. The smallest absolute Gasteiger partial charge is 0.251 e. The average Bonchev–Trinajstić information content (AvgIpc) is 3.44. The molecule has 5 rings (SSSR count). The van der Waals surface area contributed by atoms with Gasteiger partial charge < -0.3 is 21.3 Å². The predicted octanol–water partition coefficient (Wildman–Crippen LogP) is 3.32. The highest BCUT2D eigenvalue weighted by molar-refractivity contribution is 6.30. The zero-order valence-corrected chi connectivity index (χ0v) is 17.5. The second-order valence-corrected chi connectivity index (χ2v) is 8.17. The fraction of sp³-hybridized carbons (Fsp3) is 0.227. The second-order valence-electron chi connectivity index (χ2n) is 7.74. The molecule has 158 valence electrons. The summed E-state index contributed by atoms with van der Waals surface area (Å²) in [6.45, 7) is 5.71. The lowest BCUT2D eigenvalue weighted by Crippen LogP contribution is -2.23. The van der Waals surface area contributed by atoms with Gasteiger partial charge in [-0.2, -0.15) is 9.61 Å². The van der Waals surface area contributed by atoms with E-state index in [2.05, 4.69) is 32.9 Å². The number of rotatable bonds is 5. The van der Waals surface area contributed by atoms with E-state index in [1.165, 1.54) is 0 Å². The summed E-state index contributed by atoms with van der Waals surface area (Å²) in [6, 6.07) is 9.71. The molecule has 3 aromatic rings. The minimum Gasteiger partial charge on any atom is -0.366 e. The Balaban J connectivity index is 1.57. The van der Waals surface area contributed by atoms with Gasteiger partial charge in [0.15, 0.2) is 5.65 Å². The number of amides is 1. The van der Waals surface area contributed by atoms with Gasteiger partial charge in [0.25, 0.3) is 5.91 Å². The van der Waals surface area contributed by atoms with E-state index in [4.69, 9.17) is 16.6 Å². The molecule has 2 fully saturated rings. The number of fused-ring (bicyclic) bond motifs is 1. The van der Waals surface area contributed by atoms with E-state index in [9.17, 15) is 4.79 Å². The molecule has 4 heterocycles. The molecule has 0 spiro atoms. The standard InChI is InChI=1S/C22H22ClN7O/c1-13-7-14(22(31)26-13)8-15-11-25-30-20(28-18-5-6-24-12-18)10-19(29-21(15)30)27-17-4-2-3-16(23)9-17/h2-4,8-11,18,24,28H,1,5-7,12H2,(H,26,31)(H,27,29)/b14-8+. The Labute approximate surface area is 184 Å².